The number of aromatic nitrogens is 2. The first-order valence-electron chi connectivity index (χ1n) is 5.99. The second-order valence-electron chi connectivity index (χ2n) is 4.93. The molecule has 4 nitrogen and oxygen atoms in total. The van der Waals surface area contributed by atoms with Gasteiger partial charge in [-0.05, 0) is 26.9 Å². The van der Waals surface area contributed by atoms with Crippen LogP contribution in [0.15, 0.2) is 0 Å². The van der Waals surface area contributed by atoms with Crippen LogP contribution in [0, 0.1) is 0 Å². The number of nitrogens with one attached hydrogen (secondary N) is 1. The average Bonchev–Trinajstić information content (AvgIpc) is 3.01. The normalized spacial score (nSPS) is 20.1. The first-order chi connectivity index (χ1) is 7.78. The third-order valence-electron chi connectivity index (χ3n) is 3.33. The summed E-state index contributed by atoms with van der Waals surface area (Å²) in [6, 6.07) is 0. The molecule has 2 aliphatic rings. The van der Waals surface area contributed by atoms with E-state index in [1.54, 1.807) is 0 Å². The fourth-order valence-corrected chi connectivity index (χ4v) is 2.34. The molecule has 1 aromatic heterocycles. The Balaban J connectivity index is 2.01. The van der Waals surface area contributed by atoms with Crippen LogP contribution in [0.2, 0.25) is 0 Å². The van der Waals surface area contributed by atoms with Crippen molar-refractivity contribution in [2.24, 2.45) is 0 Å². The standard InChI is InChI=1S/C12H18N4/c1-13-5-10-9-6-16(2)7-11(9)15-12(14-10)8-3-4-8/h8,13H,3-7H2,1-2H3. The minimum atomic E-state index is 0.645. The lowest BCUT2D eigenvalue weighted by molar-refractivity contribution is 0.350. The molecule has 1 saturated carbocycles. The van der Waals surface area contributed by atoms with Crippen molar-refractivity contribution >= 4 is 0 Å². The monoisotopic (exact) mass is 218 g/mol. The lowest BCUT2D eigenvalue weighted by atomic mass is 10.1. The summed E-state index contributed by atoms with van der Waals surface area (Å²) in [5.74, 6) is 1.73. The second-order valence-corrected chi connectivity index (χ2v) is 4.93. The molecule has 0 bridgehead atoms. The van der Waals surface area contributed by atoms with Gasteiger partial charge in [-0.2, -0.15) is 0 Å². The van der Waals surface area contributed by atoms with Crippen molar-refractivity contribution in [2.75, 3.05) is 14.1 Å². The van der Waals surface area contributed by atoms with Crippen molar-refractivity contribution in [3.05, 3.63) is 22.8 Å². The van der Waals surface area contributed by atoms with E-state index in [1.807, 2.05) is 7.05 Å². The Kier molecular flexibility index (Phi) is 2.41. The van der Waals surface area contributed by atoms with Crippen molar-refractivity contribution in [1.29, 1.82) is 0 Å². The maximum Gasteiger partial charge on any atom is 0.132 e. The summed E-state index contributed by atoms with van der Waals surface area (Å²) in [5, 5.41) is 3.21. The van der Waals surface area contributed by atoms with Crippen LogP contribution in [0.25, 0.3) is 0 Å². The highest BCUT2D eigenvalue weighted by Crippen LogP contribution is 2.39. The largest absolute Gasteiger partial charge is 0.314 e. The second kappa shape index (κ2) is 3.79. The van der Waals surface area contributed by atoms with Gasteiger partial charge in [0.25, 0.3) is 0 Å². The van der Waals surface area contributed by atoms with E-state index in [4.69, 9.17) is 9.97 Å². The molecule has 0 spiro atoms. The Hall–Kier alpha value is -1.00. The molecule has 1 fully saturated rings. The van der Waals surface area contributed by atoms with E-state index < -0.39 is 0 Å². The van der Waals surface area contributed by atoms with Crippen molar-refractivity contribution < 1.29 is 0 Å². The van der Waals surface area contributed by atoms with Crippen LogP contribution >= 0.6 is 0 Å². The molecule has 86 valence electrons. The minimum absolute atomic E-state index is 0.645. The van der Waals surface area contributed by atoms with E-state index in [0.29, 0.717) is 5.92 Å². The van der Waals surface area contributed by atoms with Crippen LogP contribution in [0.1, 0.15) is 41.5 Å². The predicted octanol–water partition coefficient (Wildman–Crippen LogP) is 1.02. The van der Waals surface area contributed by atoms with Gasteiger partial charge in [0.05, 0.1) is 11.4 Å². The lowest BCUT2D eigenvalue weighted by Gasteiger charge is -2.08. The third kappa shape index (κ3) is 1.72. The SMILES string of the molecule is CNCc1nc(C2CC2)nc2c1CN(C)C2. The van der Waals surface area contributed by atoms with Gasteiger partial charge >= 0.3 is 0 Å². The lowest BCUT2D eigenvalue weighted by Crippen LogP contribution is -2.13. The van der Waals surface area contributed by atoms with Gasteiger partial charge in [0.2, 0.25) is 0 Å². The summed E-state index contributed by atoms with van der Waals surface area (Å²) >= 11 is 0. The number of rotatable bonds is 3. The maximum atomic E-state index is 4.73. The molecule has 1 N–H and O–H groups in total. The molecule has 3 rings (SSSR count). The Morgan fingerprint density at radius 1 is 1.31 bits per heavy atom. The van der Waals surface area contributed by atoms with Gasteiger partial charge in [-0.1, -0.05) is 0 Å². The number of fused-ring (bicyclic) bond motifs is 1. The molecule has 1 aliphatic carbocycles. The fourth-order valence-electron chi connectivity index (χ4n) is 2.34. The van der Waals surface area contributed by atoms with Crippen LogP contribution in [-0.4, -0.2) is 29.0 Å². The van der Waals surface area contributed by atoms with Crippen LogP contribution < -0.4 is 5.32 Å². The zero-order chi connectivity index (χ0) is 11.1. The van der Waals surface area contributed by atoms with Crippen LogP contribution in [0.3, 0.4) is 0 Å². The fraction of sp³-hybridized carbons (Fsp3) is 0.667. The highest BCUT2D eigenvalue weighted by molar-refractivity contribution is 5.30. The summed E-state index contributed by atoms with van der Waals surface area (Å²) in [6.07, 6.45) is 2.54. The number of nitrogens with zero attached hydrogens (tertiary/aromatic N) is 3. The molecule has 0 saturated heterocycles. The van der Waals surface area contributed by atoms with Gasteiger partial charge < -0.3 is 5.32 Å². The first-order valence-corrected chi connectivity index (χ1v) is 5.99. The van der Waals surface area contributed by atoms with Crippen molar-refractivity contribution in [1.82, 2.24) is 20.2 Å². The number of hydrogen-bond acceptors (Lipinski definition) is 4. The molecule has 16 heavy (non-hydrogen) atoms. The molecule has 0 radical (unpaired) electrons. The molecule has 1 aromatic rings. The highest BCUT2D eigenvalue weighted by Gasteiger charge is 2.30. The zero-order valence-electron chi connectivity index (χ0n) is 9.95. The summed E-state index contributed by atoms with van der Waals surface area (Å²) < 4.78 is 0. The molecule has 0 amide bonds. The Labute approximate surface area is 96.1 Å². The van der Waals surface area contributed by atoms with Gasteiger partial charge in [0, 0.05) is 31.1 Å². The van der Waals surface area contributed by atoms with E-state index in [-0.39, 0.29) is 0 Å². The van der Waals surface area contributed by atoms with E-state index >= 15 is 0 Å². The summed E-state index contributed by atoms with van der Waals surface area (Å²) in [6.45, 7) is 2.84. The summed E-state index contributed by atoms with van der Waals surface area (Å²) in [4.78, 5) is 11.8. The predicted molar refractivity (Wildman–Crippen MR) is 61.9 cm³/mol. The topological polar surface area (TPSA) is 41.1 Å². The van der Waals surface area contributed by atoms with Gasteiger partial charge in [0.15, 0.2) is 0 Å². The highest BCUT2D eigenvalue weighted by atomic mass is 15.1. The molecule has 0 atom stereocenters. The maximum absolute atomic E-state index is 4.73. The molecule has 2 heterocycles. The van der Waals surface area contributed by atoms with Crippen LogP contribution in [0.5, 0.6) is 0 Å². The number of hydrogen-bond donors (Lipinski definition) is 1. The molecule has 0 aromatic carbocycles. The van der Waals surface area contributed by atoms with Gasteiger partial charge in [-0.3, -0.25) is 4.90 Å². The first kappa shape index (κ1) is 10.2. The molecule has 0 unspecified atom stereocenters. The quantitative estimate of drug-likeness (QED) is 0.822. The Bertz CT molecular complexity index is 412. The van der Waals surface area contributed by atoms with Crippen LogP contribution in [-0.2, 0) is 19.6 Å². The van der Waals surface area contributed by atoms with Crippen LogP contribution in [0.4, 0.5) is 0 Å². The van der Waals surface area contributed by atoms with Crippen molar-refractivity contribution in [3.8, 4) is 0 Å². The third-order valence-corrected chi connectivity index (χ3v) is 3.33. The average molecular weight is 218 g/mol. The van der Waals surface area contributed by atoms with Gasteiger partial charge in [-0.15, -0.1) is 0 Å². The summed E-state index contributed by atoms with van der Waals surface area (Å²) in [7, 11) is 4.12. The van der Waals surface area contributed by atoms with Crippen molar-refractivity contribution in [2.45, 2.75) is 38.4 Å². The summed E-state index contributed by atoms with van der Waals surface area (Å²) in [5.41, 5.74) is 3.81. The Morgan fingerprint density at radius 2 is 2.12 bits per heavy atom. The van der Waals surface area contributed by atoms with Gasteiger partial charge in [-0.25, -0.2) is 9.97 Å². The van der Waals surface area contributed by atoms with Gasteiger partial charge in [0.1, 0.15) is 5.82 Å². The zero-order valence-corrected chi connectivity index (χ0v) is 9.95. The smallest absolute Gasteiger partial charge is 0.132 e. The van der Waals surface area contributed by atoms with Crippen molar-refractivity contribution in [3.63, 3.8) is 0 Å². The molecule has 1 aliphatic heterocycles. The molecule has 4 heteroatoms. The molecular weight excluding hydrogens is 200 g/mol. The van der Waals surface area contributed by atoms with E-state index in [0.717, 1.165) is 25.5 Å². The molecular formula is C12H18N4. The van der Waals surface area contributed by atoms with E-state index in [9.17, 15) is 0 Å². The Morgan fingerprint density at radius 3 is 2.81 bits per heavy atom. The van der Waals surface area contributed by atoms with E-state index in [2.05, 4.69) is 17.3 Å². The minimum Gasteiger partial charge on any atom is -0.314 e. The van der Waals surface area contributed by atoms with E-state index in [1.165, 1.54) is 29.8 Å².